The van der Waals surface area contributed by atoms with Crippen LogP contribution in [0.25, 0.3) is 0 Å². The van der Waals surface area contributed by atoms with Gasteiger partial charge in [-0.05, 0) is 18.5 Å². The molecule has 1 unspecified atom stereocenters. The maximum atomic E-state index is 10.9. The van der Waals surface area contributed by atoms with Crippen molar-refractivity contribution >= 4 is 29.2 Å². The van der Waals surface area contributed by atoms with Crippen LogP contribution in [-0.4, -0.2) is 20.5 Å². The van der Waals surface area contributed by atoms with E-state index in [2.05, 4.69) is 14.8 Å². The molecule has 1 aromatic heterocycles. The van der Waals surface area contributed by atoms with Crippen LogP contribution in [0.5, 0.6) is 0 Å². The number of rotatable bonds is 3. The van der Waals surface area contributed by atoms with Crippen molar-refractivity contribution in [2.24, 2.45) is 5.84 Å². The Hall–Kier alpha value is -0.660. The van der Waals surface area contributed by atoms with E-state index < -0.39 is 0 Å². The molecule has 0 aliphatic rings. The van der Waals surface area contributed by atoms with Crippen LogP contribution in [0.1, 0.15) is 6.92 Å². The van der Waals surface area contributed by atoms with Crippen LogP contribution in [0.15, 0.2) is 10.7 Å². The molecule has 0 radical (unpaired) electrons. The average molecular weight is 204 g/mol. The summed E-state index contributed by atoms with van der Waals surface area (Å²) in [5.74, 6) is 4.74. The van der Waals surface area contributed by atoms with Gasteiger partial charge in [0.05, 0.1) is 5.25 Å². The molecule has 1 rings (SSSR count). The van der Waals surface area contributed by atoms with Crippen molar-refractivity contribution in [2.75, 3.05) is 0 Å². The lowest BCUT2D eigenvalue weighted by Crippen LogP contribution is -2.36. The quantitative estimate of drug-likeness (QED) is 0.314. The lowest BCUT2D eigenvalue weighted by atomic mass is 10.5. The van der Waals surface area contributed by atoms with Gasteiger partial charge in [-0.25, -0.2) is 10.8 Å². The summed E-state index contributed by atoms with van der Waals surface area (Å²) in [5, 5.41) is -0.233. The second-order valence-corrected chi connectivity index (χ2v) is 4.34. The van der Waals surface area contributed by atoms with Crippen LogP contribution >= 0.6 is 23.3 Å². The van der Waals surface area contributed by atoms with Crippen LogP contribution in [-0.2, 0) is 4.79 Å². The van der Waals surface area contributed by atoms with E-state index in [9.17, 15) is 4.79 Å². The van der Waals surface area contributed by atoms with E-state index in [1.807, 2.05) is 0 Å². The Balaban J connectivity index is 2.47. The summed E-state index contributed by atoms with van der Waals surface area (Å²) >= 11 is 2.60. The molecule has 0 bridgehead atoms. The predicted molar refractivity (Wildman–Crippen MR) is 47.6 cm³/mol. The smallest absolute Gasteiger partial charge is 0.247 e. The molecule has 1 amide bonds. The molecule has 12 heavy (non-hydrogen) atoms. The minimum Gasteiger partial charge on any atom is -0.293 e. The van der Waals surface area contributed by atoms with E-state index in [4.69, 9.17) is 5.84 Å². The Kier molecular flexibility index (Phi) is 3.45. The zero-order valence-electron chi connectivity index (χ0n) is 6.35. The van der Waals surface area contributed by atoms with Gasteiger partial charge >= 0.3 is 0 Å². The van der Waals surface area contributed by atoms with Crippen molar-refractivity contribution in [1.82, 2.24) is 14.8 Å². The van der Waals surface area contributed by atoms with Gasteiger partial charge < -0.3 is 0 Å². The Morgan fingerprint density at radius 2 is 2.67 bits per heavy atom. The molecule has 1 aromatic rings. The highest BCUT2D eigenvalue weighted by Gasteiger charge is 2.14. The number of carbonyl (C=O) groups excluding carboxylic acids is 1. The van der Waals surface area contributed by atoms with Gasteiger partial charge in [-0.3, -0.25) is 10.2 Å². The van der Waals surface area contributed by atoms with Gasteiger partial charge in [-0.1, -0.05) is 11.8 Å². The fraction of sp³-hybridized carbons (Fsp3) is 0.400. The minimum atomic E-state index is -0.233. The second kappa shape index (κ2) is 4.39. The van der Waals surface area contributed by atoms with Gasteiger partial charge in [0.25, 0.3) is 0 Å². The first kappa shape index (κ1) is 9.43. The predicted octanol–water partition coefficient (Wildman–Crippen LogP) is 0.00860. The molecule has 1 heterocycles. The minimum absolute atomic E-state index is 0.213. The highest BCUT2D eigenvalue weighted by molar-refractivity contribution is 8.02. The third-order valence-electron chi connectivity index (χ3n) is 1.13. The standard InChI is InChI=1S/C5H8N4OS2/c1-3(4(10)9-6)11-5-7-2-8-12-5/h2-3H,6H2,1H3,(H,9,10). The van der Waals surface area contributed by atoms with E-state index >= 15 is 0 Å². The van der Waals surface area contributed by atoms with Crippen LogP contribution in [0.4, 0.5) is 0 Å². The number of hydrazine groups is 1. The molecule has 0 fully saturated rings. The molecular formula is C5H8N4OS2. The molecule has 7 heteroatoms. The molecule has 3 N–H and O–H groups in total. The van der Waals surface area contributed by atoms with E-state index in [-0.39, 0.29) is 11.2 Å². The van der Waals surface area contributed by atoms with Gasteiger partial charge in [0, 0.05) is 0 Å². The highest BCUT2D eigenvalue weighted by Crippen LogP contribution is 2.23. The number of hydrogen-bond donors (Lipinski definition) is 2. The molecular weight excluding hydrogens is 196 g/mol. The summed E-state index contributed by atoms with van der Waals surface area (Å²) in [6.07, 6.45) is 1.46. The number of nitrogens with two attached hydrogens (primary N) is 1. The third kappa shape index (κ3) is 2.43. The summed E-state index contributed by atoms with van der Waals surface area (Å²) < 4.78 is 4.58. The Morgan fingerprint density at radius 1 is 1.92 bits per heavy atom. The highest BCUT2D eigenvalue weighted by atomic mass is 32.2. The van der Waals surface area contributed by atoms with E-state index in [1.54, 1.807) is 6.92 Å². The fourth-order valence-corrected chi connectivity index (χ4v) is 2.14. The number of nitrogens with zero attached hydrogens (tertiary/aromatic N) is 2. The SMILES string of the molecule is CC(Sc1ncns1)C(=O)NN. The topological polar surface area (TPSA) is 80.9 Å². The van der Waals surface area contributed by atoms with Crippen molar-refractivity contribution < 1.29 is 4.79 Å². The molecule has 0 saturated heterocycles. The molecule has 66 valence electrons. The first-order chi connectivity index (χ1) is 5.74. The lowest BCUT2D eigenvalue weighted by Gasteiger charge is -2.05. The molecule has 0 aromatic carbocycles. The first-order valence-corrected chi connectivity index (χ1v) is 4.83. The number of amides is 1. The first-order valence-electron chi connectivity index (χ1n) is 3.18. The number of carbonyl (C=O) groups is 1. The third-order valence-corrected chi connectivity index (χ3v) is 2.98. The van der Waals surface area contributed by atoms with Crippen molar-refractivity contribution in [3.8, 4) is 0 Å². The maximum Gasteiger partial charge on any atom is 0.247 e. The van der Waals surface area contributed by atoms with E-state index in [0.717, 1.165) is 4.34 Å². The number of nitrogens with one attached hydrogen (secondary N) is 1. The van der Waals surface area contributed by atoms with Gasteiger partial charge in [-0.2, -0.15) is 4.37 Å². The Morgan fingerprint density at radius 3 is 3.17 bits per heavy atom. The van der Waals surface area contributed by atoms with Crippen molar-refractivity contribution in [3.05, 3.63) is 6.33 Å². The van der Waals surface area contributed by atoms with Gasteiger partial charge in [-0.15, -0.1) is 0 Å². The largest absolute Gasteiger partial charge is 0.293 e. The van der Waals surface area contributed by atoms with Gasteiger partial charge in [0.1, 0.15) is 6.33 Å². The van der Waals surface area contributed by atoms with Crippen LogP contribution in [0, 0.1) is 0 Å². The zero-order chi connectivity index (χ0) is 8.97. The lowest BCUT2D eigenvalue weighted by molar-refractivity contribution is -0.120. The molecule has 5 nitrogen and oxygen atoms in total. The summed E-state index contributed by atoms with van der Waals surface area (Å²) in [7, 11) is 0. The molecule has 0 aliphatic heterocycles. The summed E-state index contributed by atoms with van der Waals surface area (Å²) in [4.78, 5) is 14.9. The molecule has 0 aliphatic carbocycles. The van der Waals surface area contributed by atoms with Crippen molar-refractivity contribution in [1.29, 1.82) is 0 Å². The fourth-order valence-electron chi connectivity index (χ4n) is 0.537. The van der Waals surface area contributed by atoms with E-state index in [1.165, 1.54) is 29.6 Å². The number of hydrogen-bond acceptors (Lipinski definition) is 6. The van der Waals surface area contributed by atoms with Crippen molar-refractivity contribution in [2.45, 2.75) is 16.5 Å². The van der Waals surface area contributed by atoms with Gasteiger partial charge in [0.15, 0.2) is 4.34 Å². The summed E-state index contributed by atoms with van der Waals surface area (Å²) in [6, 6.07) is 0. The number of thioether (sulfide) groups is 1. The monoisotopic (exact) mass is 204 g/mol. The van der Waals surface area contributed by atoms with Crippen molar-refractivity contribution in [3.63, 3.8) is 0 Å². The second-order valence-electron chi connectivity index (χ2n) is 1.98. The normalized spacial score (nSPS) is 12.5. The molecule has 0 saturated carbocycles. The van der Waals surface area contributed by atoms with Crippen LogP contribution in [0.2, 0.25) is 0 Å². The van der Waals surface area contributed by atoms with Gasteiger partial charge in [0.2, 0.25) is 5.91 Å². The average Bonchev–Trinajstić information content (AvgIpc) is 2.55. The Labute approximate surface area is 77.9 Å². The molecule has 1 atom stereocenters. The van der Waals surface area contributed by atoms with Crippen LogP contribution in [0.3, 0.4) is 0 Å². The zero-order valence-corrected chi connectivity index (χ0v) is 7.98. The summed E-state index contributed by atoms with van der Waals surface area (Å²) in [5.41, 5.74) is 2.07. The Bertz CT molecular complexity index is 250. The maximum absolute atomic E-state index is 10.9. The summed E-state index contributed by atoms with van der Waals surface area (Å²) in [6.45, 7) is 1.76. The molecule has 0 spiro atoms. The van der Waals surface area contributed by atoms with Crippen LogP contribution < -0.4 is 11.3 Å². The number of aromatic nitrogens is 2. The van der Waals surface area contributed by atoms with E-state index in [0.29, 0.717) is 0 Å².